The lowest BCUT2D eigenvalue weighted by molar-refractivity contribution is 0.387. The molecule has 8 nitrogen and oxygen atoms in total. The molecule has 0 saturated carbocycles. The van der Waals surface area contributed by atoms with Gasteiger partial charge < -0.3 is 20.4 Å². The van der Waals surface area contributed by atoms with E-state index in [0.29, 0.717) is 29.8 Å². The molecule has 0 amide bonds. The lowest BCUT2D eigenvalue weighted by Gasteiger charge is -2.12. The minimum absolute atomic E-state index is 0.0562. The molecule has 5 aromatic carbocycles. The van der Waals surface area contributed by atoms with Gasteiger partial charge in [-0.2, -0.15) is 15.0 Å². The van der Waals surface area contributed by atoms with Crippen LogP contribution in [0.5, 0.6) is 0 Å². The van der Waals surface area contributed by atoms with Crippen molar-refractivity contribution >= 4 is 57.7 Å². The Morgan fingerprint density at radius 2 is 1.13 bits per heavy atom. The maximum Gasteiger partial charge on any atom is 0.356 e. The second kappa shape index (κ2) is 10.3. The summed E-state index contributed by atoms with van der Waals surface area (Å²) in [7, 11) is -4.33. The molecule has 0 unspecified atom stereocenters. The number of rotatable bonds is 7. The van der Waals surface area contributed by atoms with E-state index >= 15 is 0 Å². The second-order valence-electron chi connectivity index (χ2n) is 9.16. The largest absolute Gasteiger partial charge is 0.356 e. The van der Waals surface area contributed by atoms with Crippen LogP contribution in [0.1, 0.15) is 11.4 Å². The zero-order valence-electron chi connectivity index (χ0n) is 20.7. The normalized spacial score (nSPS) is 11.5. The molecule has 0 aliphatic heterocycles. The van der Waals surface area contributed by atoms with E-state index in [-0.39, 0.29) is 5.30 Å². The van der Waals surface area contributed by atoms with Crippen molar-refractivity contribution in [3.8, 4) is 0 Å². The third kappa shape index (κ3) is 5.78. The monoisotopic (exact) mass is 533 g/mol. The smallest absolute Gasteiger partial charge is 0.324 e. The van der Waals surface area contributed by atoms with E-state index in [4.69, 9.17) is 4.98 Å². The second-order valence-corrected chi connectivity index (χ2v) is 10.8. The van der Waals surface area contributed by atoms with Crippen molar-refractivity contribution in [3.63, 3.8) is 0 Å². The van der Waals surface area contributed by atoms with Gasteiger partial charge in [0.2, 0.25) is 11.9 Å². The van der Waals surface area contributed by atoms with Gasteiger partial charge in [0, 0.05) is 17.8 Å². The third-order valence-corrected chi connectivity index (χ3v) is 7.29. The van der Waals surface area contributed by atoms with E-state index in [1.165, 1.54) is 12.1 Å². The lowest BCUT2D eigenvalue weighted by Crippen LogP contribution is -2.09. The van der Waals surface area contributed by atoms with Crippen molar-refractivity contribution in [1.82, 2.24) is 15.0 Å². The Hall–Kier alpha value is -4.62. The first kappa shape index (κ1) is 24.7. The molecule has 39 heavy (non-hydrogen) atoms. The summed E-state index contributed by atoms with van der Waals surface area (Å²) in [5, 5.41) is 10.9. The third-order valence-electron chi connectivity index (χ3n) is 6.32. The zero-order valence-corrected chi connectivity index (χ0v) is 21.6. The quantitative estimate of drug-likeness (QED) is 0.183. The van der Waals surface area contributed by atoms with Gasteiger partial charge in [-0.25, -0.2) is 0 Å². The molecule has 0 spiro atoms. The summed E-state index contributed by atoms with van der Waals surface area (Å²) in [4.78, 5) is 32.7. The van der Waals surface area contributed by atoms with E-state index in [2.05, 4.69) is 57.0 Å². The summed E-state index contributed by atoms with van der Waals surface area (Å²) in [6.45, 7) is 0. The number of anilines is 4. The van der Waals surface area contributed by atoms with Crippen LogP contribution in [-0.4, -0.2) is 24.7 Å². The van der Waals surface area contributed by atoms with E-state index in [9.17, 15) is 14.4 Å². The van der Waals surface area contributed by atoms with Crippen molar-refractivity contribution < 1.29 is 14.4 Å². The average Bonchev–Trinajstić information content (AvgIpc) is 2.93. The van der Waals surface area contributed by atoms with Gasteiger partial charge in [-0.3, -0.25) is 4.57 Å². The summed E-state index contributed by atoms with van der Waals surface area (Å²) < 4.78 is 11.5. The highest BCUT2D eigenvalue weighted by atomic mass is 31.2. The standard InChI is InChI=1S/C30H24N5O3P/c36-39(37,38)27-15-13-25(14-16-27)31-29-33-28(18-20-9-10-21-5-1-3-7-23(21)17-20)34-30(35-29)32-26-12-11-22-6-2-4-8-24(22)19-26/h1-17,19H,18H2,(H2,36,37,38)(H2,31,32,33,34,35). The maximum atomic E-state index is 11.5. The average molecular weight is 534 g/mol. The Morgan fingerprint density at radius 3 is 1.77 bits per heavy atom. The Labute approximate surface area is 224 Å². The van der Waals surface area contributed by atoms with Gasteiger partial charge in [-0.1, -0.05) is 72.8 Å². The van der Waals surface area contributed by atoms with Crippen LogP contribution >= 0.6 is 7.60 Å². The van der Waals surface area contributed by atoms with Gasteiger partial charge in [0.15, 0.2) is 0 Å². The summed E-state index contributed by atoms with van der Waals surface area (Å²) in [6.07, 6.45) is 0.492. The van der Waals surface area contributed by atoms with E-state index in [1.807, 2.05) is 48.5 Å². The number of benzene rings is 5. The van der Waals surface area contributed by atoms with Crippen molar-refractivity contribution in [3.05, 3.63) is 121 Å². The van der Waals surface area contributed by atoms with E-state index in [1.54, 1.807) is 12.1 Å². The molecule has 4 N–H and O–H groups in total. The SMILES string of the molecule is O=P(O)(O)c1ccc(Nc2nc(Cc3ccc4ccccc4c3)nc(Nc3ccc4ccccc4c3)n2)cc1. The fourth-order valence-electron chi connectivity index (χ4n) is 4.41. The van der Waals surface area contributed by atoms with Crippen LogP contribution in [0.3, 0.4) is 0 Å². The topological polar surface area (TPSA) is 120 Å². The summed E-state index contributed by atoms with van der Waals surface area (Å²) in [5.41, 5.74) is 2.49. The molecular formula is C30H24N5O3P. The molecule has 0 saturated heterocycles. The number of nitrogens with zero attached hydrogens (tertiary/aromatic N) is 3. The van der Waals surface area contributed by atoms with E-state index < -0.39 is 7.60 Å². The van der Waals surface area contributed by atoms with Crippen LogP contribution in [0.4, 0.5) is 23.3 Å². The number of hydrogen-bond donors (Lipinski definition) is 4. The highest BCUT2D eigenvalue weighted by Gasteiger charge is 2.16. The molecule has 6 aromatic rings. The molecule has 0 atom stereocenters. The minimum Gasteiger partial charge on any atom is -0.324 e. The predicted molar refractivity (Wildman–Crippen MR) is 155 cm³/mol. The Morgan fingerprint density at radius 1 is 0.590 bits per heavy atom. The maximum absolute atomic E-state index is 11.5. The Balaban J connectivity index is 1.33. The molecule has 192 valence electrons. The first-order valence-corrected chi connectivity index (χ1v) is 13.9. The molecule has 0 bridgehead atoms. The molecule has 9 heteroatoms. The van der Waals surface area contributed by atoms with Crippen LogP contribution in [-0.2, 0) is 11.0 Å². The zero-order chi connectivity index (χ0) is 26.8. The molecule has 0 radical (unpaired) electrons. The van der Waals surface area contributed by atoms with Crippen LogP contribution < -0.4 is 15.9 Å². The highest BCUT2D eigenvalue weighted by molar-refractivity contribution is 7.60. The predicted octanol–water partition coefficient (Wildman–Crippen LogP) is 6.06. The molecule has 6 rings (SSSR count). The van der Waals surface area contributed by atoms with E-state index in [0.717, 1.165) is 32.8 Å². The first-order chi connectivity index (χ1) is 18.9. The molecule has 1 aromatic heterocycles. The van der Waals surface area contributed by atoms with Crippen molar-refractivity contribution in [2.45, 2.75) is 6.42 Å². The van der Waals surface area contributed by atoms with Gasteiger partial charge in [0.1, 0.15) is 5.82 Å². The number of fused-ring (bicyclic) bond motifs is 2. The number of hydrogen-bond acceptors (Lipinski definition) is 6. The van der Waals surface area contributed by atoms with Crippen LogP contribution in [0.2, 0.25) is 0 Å². The molecule has 0 aliphatic carbocycles. The van der Waals surface area contributed by atoms with Gasteiger partial charge in [-0.05, 0) is 63.5 Å². The van der Waals surface area contributed by atoms with Gasteiger partial charge in [0.25, 0.3) is 0 Å². The fraction of sp³-hybridized carbons (Fsp3) is 0.0333. The first-order valence-electron chi connectivity index (χ1n) is 12.3. The summed E-state index contributed by atoms with van der Waals surface area (Å²) >= 11 is 0. The van der Waals surface area contributed by atoms with Crippen LogP contribution in [0.15, 0.2) is 109 Å². The lowest BCUT2D eigenvalue weighted by atomic mass is 10.1. The van der Waals surface area contributed by atoms with Gasteiger partial charge >= 0.3 is 7.60 Å². The van der Waals surface area contributed by atoms with Crippen molar-refractivity contribution in [1.29, 1.82) is 0 Å². The number of aromatic nitrogens is 3. The molecule has 1 heterocycles. The fourth-order valence-corrected chi connectivity index (χ4v) is 4.94. The highest BCUT2D eigenvalue weighted by Crippen LogP contribution is 2.33. The van der Waals surface area contributed by atoms with Crippen LogP contribution in [0, 0.1) is 0 Å². The molecule has 0 aliphatic rings. The van der Waals surface area contributed by atoms with Gasteiger partial charge in [-0.15, -0.1) is 0 Å². The molecule has 0 fully saturated rings. The Kier molecular flexibility index (Phi) is 6.50. The minimum atomic E-state index is -4.33. The summed E-state index contributed by atoms with van der Waals surface area (Å²) in [6, 6.07) is 34.6. The summed E-state index contributed by atoms with van der Waals surface area (Å²) in [5.74, 6) is 1.26. The Bertz CT molecular complexity index is 1750. The van der Waals surface area contributed by atoms with Crippen molar-refractivity contribution in [2.75, 3.05) is 10.6 Å². The van der Waals surface area contributed by atoms with Gasteiger partial charge in [0.05, 0.1) is 5.30 Å². The molecular weight excluding hydrogens is 509 g/mol. The van der Waals surface area contributed by atoms with Crippen molar-refractivity contribution in [2.24, 2.45) is 0 Å². The number of nitrogens with one attached hydrogen (secondary N) is 2. The van der Waals surface area contributed by atoms with Crippen LogP contribution in [0.25, 0.3) is 21.5 Å².